The van der Waals surface area contributed by atoms with Crippen molar-refractivity contribution in [2.24, 2.45) is 5.73 Å². The Kier molecular flexibility index (Phi) is 3.91. The van der Waals surface area contributed by atoms with E-state index >= 15 is 0 Å². The Morgan fingerprint density at radius 1 is 1.44 bits per heavy atom. The molecule has 0 aliphatic carbocycles. The van der Waals surface area contributed by atoms with Crippen LogP contribution in [0.2, 0.25) is 0 Å². The Morgan fingerprint density at radius 3 is 2.78 bits per heavy atom. The van der Waals surface area contributed by atoms with Crippen LogP contribution in [0.5, 0.6) is 0 Å². The molecule has 0 spiro atoms. The van der Waals surface area contributed by atoms with Gasteiger partial charge in [-0.15, -0.1) is 0 Å². The summed E-state index contributed by atoms with van der Waals surface area (Å²) in [6.07, 6.45) is 3.70. The molecule has 2 rings (SSSR count). The van der Waals surface area contributed by atoms with Crippen LogP contribution in [-0.4, -0.2) is 17.1 Å². The van der Waals surface area contributed by atoms with Gasteiger partial charge in [0.1, 0.15) is 4.99 Å². The molecule has 1 heterocycles. The van der Waals surface area contributed by atoms with Gasteiger partial charge < -0.3 is 10.6 Å². The molecule has 1 fully saturated rings. The van der Waals surface area contributed by atoms with Gasteiger partial charge in [-0.3, -0.25) is 0 Å². The molecule has 0 saturated carbocycles. The van der Waals surface area contributed by atoms with Gasteiger partial charge in [-0.2, -0.15) is 0 Å². The van der Waals surface area contributed by atoms with Crippen LogP contribution in [0.1, 0.15) is 44.2 Å². The summed E-state index contributed by atoms with van der Waals surface area (Å²) in [6, 6.07) is 7.56. The summed E-state index contributed by atoms with van der Waals surface area (Å²) >= 11 is 5.19. The first-order valence-electron chi connectivity index (χ1n) is 6.73. The third-order valence-electron chi connectivity index (χ3n) is 3.95. The van der Waals surface area contributed by atoms with Crippen LogP contribution in [0.3, 0.4) is 0 Å². The molecule has 1 saturated heterocycles. The van der Waals surface area contributed by atoms with E-state index in [1.54, 1.807) is 0 Å². The molecule has 1 aromatic rings. The molecule has 2 nitrogen and oxygen atoms in total. The Balaban J connectivity index is 2.48. The van der Waals surface area contributed by atoms with Gasteiger partial charge >= 0.3 is 0 Å². The van der Waals surface area contributed by atoms with Crippen molar-refractivity contribution >= 4 is 22.9 Å². The van der Waals surface area contributed by atoms with Crippen LogP contribution in [0.25, 0.3) is 0 Å². The zero-order chi connectivity index (χ0) is 13.3. The van der Waals surface area contributed by atoms with E-state index in [9.17, 15) is 0 Å². The van der Waals surface area contributed by atoms with Crippen molar-refractivity contribution < 1.29 is 0 Å². The van der Waals surface area contributed by atoms with Gasteiger partial charge in [0.15, 0.2) is 0 Å². The molecule has 3 heteroatoms. The number of thiocarbonyl (C=S) groups is 1. The number of hydrogen-bond acceptors (Lipinski definition) is 2. The lowest BCUT2D eigenvalue weighted by atomic mass is 10.1. The van der Waals surface area contributed by atoms with Crippen LogP contribution in [-0.2, 0) is 0 Å². The van der Waals surface area contributed by atoms with Crippen LogP contribution >= 0.6 is 12.2 Å². The second-order valence-corrected chi connectivity index (χ2v) is 5.72. The fraction of sp³-hybridized carbons (Fsp3) is 0.533. The first-order valence-corrected chi connectivity index (χ1v) is 7.14. The quantitative estimate of drug-likeness (QED) is 0.847. The van der Waals surface area contributed by atoms with Gasteiger partial charge in [0.25, 0.3) is 0 Å². The van der Waals surface area contributed by atoms with Crippen LogP contribution < -0.4 is 10.6 Å². The average molecular weight is 262 g/mol. The molecule has 0 aromatic heterocycles. The number of nitrogens with zero attached hydrogens (tertiary/aromatic N) is 1. The maximum atomic E-state index is 5.87. The Labute approximate surface area is 115 Å². The van der Waals surface area contributed by atoms with Crippen molar-refractivity contribution in [1.82, 2.24) is 0 Å². The average Bonchev–Trinajstić information content (AvgIpc) is 2.69. The second kappa shape index (κ2) is 5.27. The predicted molar refractivity (Wildman–Crippen MR) is 82.3 cm³/mol. The van der Waals surface area contributed by atoms with E-state index in [2.05, 4.69) is 43.9 Å². The van der Waals surface area contributed by atoms with Crippen LogP contribution in [0.4, 0.5) is 5.69 Å². The van der Waals surface area contributed by atoms with Gasteiger partial charge in [0.05, 0.1) is 0 Å². The van der Waals surface area contributed by atoms with E-state index in [0.29, 0.717) is 17.1 Å². The van der Waals surface area contributed by atoms with Gasteiger partial charge in [-0.1, -0.05) is 25.2 Å². The molecule has 1 aliphatic heterocycles. The molecule has 2 unspecified atom stereocenters. The minimum atomic E-state index is 0.499. The molecule has 0 bridgehead atoms. The molecule has 2 atom stereocenters. The second-order valence-electron chi connectivity index (χ2n) is 5.28. The van der Waals surface area contributed by atoms with Gasteiger partial charge in [-0.05, 0) is 50.8 Å². The molecular weight excluding hydrogens is 240 g/mol. The maximum absolute atomic E-state index is 5.87. The maximum Gasteiger partial charge on any atom is 0.106 e. The largest absolute Gasteiger partial charge is 0.389 e. The van der Waals surface area contributed by atoms with E-state index in [4.69, 9.17) is 18.0 Å². The van der Waals surface area contributed by atoms with Gasteiger partial charge in [-0.25, -0.2) is 0 Å². The van der Waals surface area contributed by atoms with Gasteiger partial charge in [0.2, 0.25) is 0 Å². The molecule has 98 valence electrons. The Morgan fingerprint density at radius 2 is 2.17 bits per heavy atom. The van der Waals surface area contributed by atoms with Crippen LogP contribution in [0.15, 0.2) is 18.2 Å². The number of benzene rings is 1. The highest BCUT2D eigenvalue weighted by Crippen LogP contribution is 2.34. The molecule has 1 aliphatic rings. The van der Waals surface area contributed by atoms with E-state index in [0.717, 1.165) is 5.56 Å². The monoisotopic (exact) mass is 262 g/mol. The zero-order valence-electron chi connectivity index (χ0n) is 11.4. The highest BCUT2D eigenvalue weighted by Gasteiger charge is 2.31. The molecule has 18 heavy (non-hydrogen) atoms. The van der Waals surface area contributed by atoms with Crippen molar-refractivity contribution in [3.05, 3.63) is 29.3 Å². The lowest BCUT2D eigenvalue weighted by molar-refractivity contribution is 0.627. The van der Waals surface area contributed by atoms with E-state index in [1.807, 2.05) is 0 Å². The Hall–Kier alpha value is -1.09. The summed E-state index contributed by atoms with van der Waals surface area (Å²) in [5.41, 5.74) is 9.37. The fourth-order valence-electron chi connectivity index (χ4n) is 2.97. The SMILES string of the molecule is CCC1CCC(C)N1c1cc(C)ccc1C(N)=S. The number of anilines is 1. The first-order chi connectivity index (χ1) is 8.54. The van der Waals surface area contributed by atoms with Crippen molar-refractivity contribution in [3.8, 4) is 0 Å². The summed E-state index contributed by atoms with van der Waals surface area (Å²) in [4.78, 5) is 3.01. The summed E-state index contributed by atoms with van der Waals surface area (Å²) in [5.74, 6) is 0. The normalized spacial score (nSPS) is 23.4. The predicted octanol–water partition coefficient (Wildman–Crippen LogP) is 3.40. The minimum Gasteiger partial charge on any atom is -0.389 e. The lowest BCUT2D eigenvalue weighted by Crippen LogP contribution is -2.35. The molecule has 0 amide bonds. The zero-order valence-corrected chi connectivity index (χ0v) is 12.3. The summed E-state index contributed by atoms with van der Waals surface area (Å²) < 4.78 is 0. The minimum absolute atomic E-state index is 0.499. The topological polar surface area (TPSA) is 29.3 Å². The summed E-state index contributed by atoms with van der Waals surface area (Å²) in [6.45, 7) is 6.67. The molecule has 1 aromatic carbocycles. The number of nitrogens with two attached hydrogens (primary N) is 1. The fourth-order valence-corrected chi connectivity index (χ4v) is 3.14. The first kappa shape index (κ1) is 13.3. The smallest absolute Gasteiger partial charge is 0.106 e. The van der Waals surface area contributed by atoms with E-state index in [1.165, 1.54) is 30.5 Å². The molecule has 2 N–H and O–H groups in total. The van der Waals surface area contributed by atoms with Gasteiger partial charge in [0, 0.05) is 23.3 Å². The summed E-state index contributed by atoms with van der Waals surface area (Å²) in [7, 11) is 0. The van der Waals surface area contributed by atoms with E-state index in [-0.39, 0.29) is 0 Å². The Bertz CT molecular complexity index is 456. The third kappa shape index (κ3) is 2.37. The summed E-state index contributed by atoms with van der Waals surface area (Å²) in [5, 5.41) is 0. The number of rotatable bonds is 3. The molecule has 0 radical (unpaired) electrons. The number of hydrogen-bond donors (Lipinski definition) is 1. The molecular formula is C15H22N2S. The van der Waals surface area contributed by atoms with Crippen molar-refractivity contribution in [3.63, 3.8) is 0 Å². The van der Waals surface area contributed by atoms with Crippen LogP contribution in [0, 0.1) is 6.92 Å². The van der Waals surface area contributed by atoms with Crippen molar-refractivity contribution in [2.75, 3.05) is 4.90 Å². The van der Waals surface area contributed by atoms with Crippen molar-refractivity contribution in [2.45, 2.75) is 52.1 Å². The highest BCUT2D eigenvalue weighted by atomic mass is 32.1. The van der Waals surface area contributed by atoms with E-state index < -0.39 is 0 Å². The number of aryl methyl sites for hydroxylation is 1. The lowest BCUT2D eigenvalue weighted by Gasteiger charge is -2.32. The third-order valence-corrected chi connectivity index (χ3v) is 4.17. The standard InChI is InChI=1S/C15H22N2S/c1-4-12-7-6-11(3)17(12)14-9-10(2)5-8-13(14)15(16)18/h5,8-9,11-12H,4,6-7H2,1-3H3,(H2,16,18). The highest BCUT2D eigenvalue weighted by molar-refractivity contribution is 7.80. The van der Waals surface area contributed by atoms with Crippen molar-refractivity contribution in [1.29, 1.82) is 0 Å².